The number of nitrogens with zero attached hydrogens (tertiary/aromatic N) is 2. The van der Waals surface area contributed by atoms with Crippen LogP contribution in [0.5, 0.6) is 11.5 Å². The summed E-state index contributed by atoms with van der Waals surface area (Å²) in [5.41, 5.74) is 1.28. The second-order valence-corrected chi connectivity index (χ2v) is 11.1. The molecule has 3 aromatic rings. The lowest BCUT2D eigenvalue weighted by Gasteiger charge is -2.21. The first kappa shape index (κ1) is 35.5. The third-order valence-electron chi connectivity index (χ3n) is 7.34. The Labute approximate surface area is 263 Å². The van der Waals surface area contributed by atoms with E-state index in [-0.39, 0.29) is 23.3 Å². The third-order valence-corrected chi connectivity index (χ3v) is 7.34. The van der Waals surface area contributed by atoms with E-state index in [4.69, 9.17) is 14.2 Å². The lowest BCUT2D eigenvalue weighted by molar-refractivity contribution is -0.206. The van der Waals surface area contributed by atoms with E-state index in [2.05, 4.69) is 23.8 Å². The van der Waals surface area contributed by atoms with Crippen LogP contribution in [0.15, 0.2) is 54.9 Å². The maximum Gasteiger partial charge on any atom is 0.425 e. The molecule has 10 heteroatoms. The zero-order valence-corrected chi connectivity index (χ0v) is 26.3. The number of ether oxygens (including phenoxy) is 3. The zero-order chi connectivity index (χ0) is 32.7. The fourth-order valence-corrected chi connectivity index (χ4v) is 4.70. The molecule has 0 N–H and O–H groups in total. The summed E-state index contributed by atoms with van der Waals surface area (Å²) in [6, 6.07) is 10.6. The number of alkyl halides is 3. The Balaban J connectivity index is 1.54. The number of aryl methyl sites for hydroxylation is 1. The van der Waals surface area contributed by atoms with Crippen molar-refractivity contribution in [1.82, 2.24) is 9.97 Å². The topological polar surface area (TPSA) is 87.6 Å². The van der Waals surface area contributed by atoms with Crippen molar-refractivity contribution in [3.63, 3.8) is 0 Å². The van der Waals surface area contributed by atoms with E-state index in [1.165, 1.54) is 24.6 Å². The van der Waals surface area contributed by atoms with Crippen molar-refractivity contribution in [3.05, 3.63) is 71.5 Å². The van der Waals surface area contributed by atoms with Crippen LogP contribution < -0.4 is 9.47 Å². The fraction of sp³-hybridized carbons (Fsp3) is 0.486. The number of hydrogen-bond donors (Lipinski definition) is 0. The van der Waals surface area contributed by atoms with Crippen molar-refractivity contribution in [2.24, 2.45) is 0 Å². The highest BCUT2D eigenvalue weighted by Gasteiger charge is 2.42. The average Bonchev–Trinajstić information content (AvgIpc) is 3.02. The van der Waals surface area contributed by atoms with Crippen LogP contribution in [0.4, 0.5) is 13.2 Å². The second-order valence-electron chi connectivity index (χ2n) is 11.1. The quantitative estimate of drug-likeness (QED) is 0.0788. The van der Waals surface area contributed by atoms with Crippen molar-refractivity contribution in [2.45, 2.75) is 104 Å². The minimum Gasteiger partial charge on any atom is -0.490 e. The van der Waals surface area contributed by atoms with Gasteiger partial charge in [0.15, 0.2) is 17.7 Å². The average molecular weight is 629 g/mol. The molecule has 244 valence electrons. The summed E-state index contributed by atoms with van der Waals surface area (Å²) >= 11 is 0. The Kier molecular flexibility index (Phi) is 14.3. The van der Waals surface area contributed by atoms with Crippen LogP contribution in [0.3, 0.4) is 0 Å². The maximum absolute atomic E-state index is 13.6. The smallest absolute Gasteiger partial charge is 0.425 e. The van der Waals surface area contributed by atoms with Gasteiger partial charge in [-0.2, -0.15) is 13.2 Å². The molecule has 0 aliphatic carbocycles. The number of halogens is 3. The van der Waals surface area contributed by atoms with Gasteiger partial charge in [-0.15, -0.1) is 0 Å². The molecule has 0 bridgehead atoms. The van der Waals surface area contributed by atoms with Gasteiger partial charge in [-0.25, -0.2) is 19.6 Å². The molecular formula is C35H43F3N2O5. The van der Waals surface area contributed by atoms with Gasteiger partial charge in [-0.05, 0) is 62.1 Å². The summed E-state index contributed by atoms with van der Waals surface area (Å²) in [7, 11) is 0. The minimum absolute atomic E-state index is 0.0238. The molecule has 0 aliphatic heterocycles. The van der Waals surface area contributed by atoms with Crippen molar-refractivity contribution in [3.8, 4) is 22.9 Å². The molecule has 0 amide bonds. The summed E-state index contributed by atoms with van der Waals surface area (Å²) in [4.78, 5) is 34.1. The van der Waals surface area contributed by atoms with Crippen molar-refractivity contribution in [2.75, 3.05) is 6.61 Å². The SMILES string of the molecule is CCCCCCCC[C@@H](OC(=O)c1ccc(OC(=O)c2ccc(-c3ncc(OCCCCCC)cn3)cc2)cc1C)C(F)(F)F. The van der Waals surface area contributed by atoms with E-state index in [0.29, 0.717) is 42.1 Å². The monoisotopic (exact) mass is 628 g/mol. The van der Waals surface area contributed by atoms with E-state index in [9.17, 15) is 22.8 Å². The van der Waals surface area contributed by atoms with E-state index in [1.807, 2.05) is 0 Å². The number of unbranched alkanes of at least 4 members (excludes halogenated alkanes) is 8. The van der Waals surface area contributed by atoms with Gasteiger partial charge in [-0.1, -0.05) is 77.3 Å². The Bertz CT molecular complexity index is 1340. The van der Waals surface area contributed by atoms with Crippen LogP contribution >= 0.6 is 0 Å². The first-order chi connectivity index (χ1) is 21.6. The standard InChI is InChI=1S/C35H43F3N2O5/c1-4-6-8-10-11-12-14-31(35(36,37)38)45-34(42)30-20-19-28(22-25(30)3)44-33(41)27-17-15-26(16-18-27)32-39-23-29(24-40-32)43-21-13-9-7-5-2/h15-20,22-24,31H,4-14,21H2,1-3H3/t31-/m1/s1. The molecule has 0 aliphatic rings. The van der Waals surface area contributed by atoms with Crippen LogP contribution in [-0.2, 0) is 4.74 Å². The number of rotatable bonds is 18. The second kappa shape index (κ2) is 18.1. The highest BCUT2D eigenvalue weighted by atomic mass is 19.4. The normalized spacial score (nSPS) is 12.0. The Morgan fingerprint density at radius 3 is 2.02 bits per heavy atom. The summed E-state index contributed by atoms with van der Waals surface area (Å²) in [6.07, 6.45) is 5.48. The molecule has 1 aromatic heterocycles. The molecule has 0 spiro atoms. The molecule has 2 aromatic carbocycles. The molecule has 1 heterocycles. The Morgan fingerprint density at radius 2 is 1.40 bits per heavy atom. The van der Waals surface area contributed by atoms with Crippen LogP contribution in [0.2, 0.25) is 0 Å². The number of carbonyl (C=O) groups is 2. The predicted octanol–water partition coefficient (Wildman–Crippen LogP) is 9.47. The van der Waals surface area contributed by atoms with Crippen molar-refractivity contribution < 1.29 is 37.0 Å². The Morgan fingerprint density at radius 1 is 0.778 bits per heavy atom. The summed E-state index contributed by atoms with van der Waals surface area (Å²) < 4.78 is 56.7. The van der Waals surface area contributed by atoms with Crippen LogP contribution in [0, 0.1) is 6.92 Å². The molecule has 0 unspecified atom stereocenters. The summed E-state index contributed by atoms with van der Waals surface area (Å²) in [5, 5.41) is 0. The van der Waals surface area contributed by atoms with Gasteiger partial charge in [0, 0.05) is 5.56 Å². The van der Waals surface area contributed by atoms with Crippen LogP contribution in [-0.4, -0.2) is 40.8 Å². The van der Waals surface area contributed by atoms with Crippen molar-refractivity contribution in [1.29, 1.82) is 0 Å². The van der Waals surface area contributed by atoms with E-state index in [0.717, 1.165) is 44.9 Å². The highest BCUT2D eigenvalue weighted by Crippen LogP contribution is 2.29. The van der Waals surface area contributed by atoms with Crippen molar-refractivity contribution >= 4 is 11.9 Å². The van der Waals surface area contributed by atoms with E-state index >= 15 is 0 Å². The predicted molar refractivity (Wildman–Crippen MR) is 166 cm³/mol. The van der Waals surface area contributed by atoms with Gasteiger partial charge < -0.3 is 14.2 Å². The van der Waals surface area contributed by atoms with E-state index < -0.39 is 24.2 Å². The third kappa shape index (κ3) is 11.8. The molecule has 1 atom stereocenters. The highest BCUT2D eigenvalue weighted by molar-refractivity contribution is 5.93. The number of aromatic nitrogens is 2. The van der Waals surface area contributed by atoms with E-state index in [1.54, 1.807) is 43.6 Å². The first-order valence-electron chi connectivity index (χ1n) is 15.8. The number of benzene rings is 2. The number of esters is 2. The van der Waals surface area contributed by atoms with Gasteiger partial charge in [0.1, 0.15) is 5.75 Å². The first-order valence-corrected chi connectivity index (χ1v) is 15.8. The molecule has 45 heavy (non-hydrogen) atoms. The van der Waals surface area contributed by atoms with Gasteiger partial charge >= 0.3 is 18.1 Å². The largest absolute Gasteiger partial charge is 0.490 e. The van der Waals surface area contributed by atoms with Crippen LogP contribution in [0.1, 0.15) is 111 Å². The lowest BCUT2D eigenvalue weighted by atomic mass is 10.1. The molecule has 7 nitrogen and oxygen atoms in total. The Hall–Kier alpha value is -3.95. The molecular weight excluding hydrogens is 585 g/mol. The van der Waals surface area contributed by atoms with Gasteiger partial charge in [0.2, 0.25) is 0 Å². The molecule has 0 fully saturated rings. The van der Waals surface area contributed by atoms with Gasteiger partial charge in [-0.3, -0.25) is 0 Å². The molecule has 0 radical (unpaired) electrons. The molecule has 0 saturated heterocycles. The van der Waals surface area contributed by atoms with Crippen LogP contribution in [0.25, 0.3) is 11.4 Å². The fourth-order valence-electron chi connectivity index (χ4n) is 4.70. The molecule has 3 rings (SSSR count). The number of carbonyl (C=O) groups excluding carboxylic acids is 2. The number of hydrogen-bond acceptors (Lipinski definition) is 7. The summed E-state index contributed by atoms with van der Waals surface area (Å²) in [5.74, 6) is -0.487. The van der Waals surface area contributed by atoms with Gasteiger partial charge in [0.25, 0.3) is 0 Å². The maximum atomic E-state index is 13.6. The lowest BCUT2D eigenvalue weighted by Crippen LogP contribution is -2.34. The molecule has 0 saturated carbocycles. The van der Waals surface area contributed by atoms with Gasteiger partial charge in [0.05, 0.1) is 30.1 Å². The zero-order valence-electron chi connectivity index (χ0n) is 26.3. The minimum atomic E-state index is -4.66. The summed E-state index contributed by atoms with van der Waals surface area (Å²) in [6.45, 7) is 6.38.